The lowest BCUT2D eigenvalue weighted by Gasteiger charge is -2.10. The molecule has 1 nitrogen and oxygen atoms in total. The smallest absolute Gasteiger partial charge is 0.0805 e. The highest BCUT2D eigenvalue weighted by Crippen LogP contribution is 2.48. The van der Waals surface area contributed by atoms with Crippen LogP contribution in [0.2, 0.25) is 0 Å². The molecule has 4 aromatic rings. The maximum atomic E-state index is 5.09. The van der Waals surface area contributed by atoms with Crippen molar-refractivity contribution in [2.24, 2.45) is 4.99 Å². The first-order valence-corrected chi connectivity index (χ1v) is 10.5. The van der Waals surface area contributed by atoms with Crippen LogP contribution in [-0.4, -0.2) is 5.71 Å². The van der Waals surface area contributed by atoms with Crippen molar-refractivity contribution in [3.8, 4) is 0 Å². The molecule has 0 atom stereocenters. The average Bonchev–Trinajstić information content (AvgIpc) is 3.09. The van der Waals surface area contributed by atoms with Crippen LogP contribution in [0.15, 0.2) is 125 Å². The third-order valence-corrected chi connectivity index (χ3v) is 6.05. The first-order valence-electron chi connectivity index (χ1n) is 9.66. The highest BCUT2D eigenvalue weighted by atomic mass is 32.2. The van der Waals surface area contributed by atoms with Crippen LogP contribution in [0.5, 0.6) is 0 Å². The van der Waals surface area contributed by atoms with Gasteiger partial charge in [0.15, 0.2) is 0 Å². The van der Waals surface area contributed by atoms with Gasteiger partial charge < -0.3 is 0 Å². The molecule has 0 bridgehead atoms. The van der Waals surface area contributed by atoms with Crippen LogP contribution < -0.4 is 0 Å². The first-order chi connectivity index (χ1) is 14.4. The molecule has 29 heavy (non-hydrogen) atoms. The van der Waals surface area contributed by atoms with Crippen molar-refractivity contribution in [3.05, 3.63) is 132 Å². The fourth-order valence-electron chi connectivity index (χ4n) is 3.60. The summed E-state index contributed by atoms with van der Waals surface area (Å²) >= 11 is 1.81. The maximum Gasteiger partial charge on any atom is 0.0805 e. The number of hydrogen-bond donors (Lipinski definition) is 0. The van der Waals surface area contributed by atoms with Crippen molar-refractivity contribution in [2.75, 3.05) is 0 Å². The standard InChI is InChI=1S/C27H19NS/c1-4-12-20(13-5-1)25-26(28-21-14-6-2-7-15-21)23-18-10-11-19-24(23)27(25)29-22-16-8-3-9-17-22/h1-19H. The number of allylic oxidation sites excluding steroid dienone is 1. The van der Waals surface area contributed by atoms with Crippen LogP contribution in [-0.2, 0) is 0 Å². The van der Waals surface area contributed by atoms with E-state index in [4.69, 9.17) is 4.99 Å². The van der Waals surface area contributed by atoms with Gasteiger partial charge in [-0.3, -0.25) is 0 Å². The van der Waals surface area contributed by atoms with Gasteiger partial charge in [0.25, 0.3) is 0 Å². The summed E-state index contributed by atoms with van der Waals surface area (Å²) in [5.74, 6) is 0. The molecule has 0 radical (unpaired) electrons. The molecular formula is C27H19NS. The summed E-state index contributed by atoms with van der Waals surface area (Å²) in [6.07, 6.45) is 0. The van der Waals surface area contributed by atoms with Crippen LogP contribution in [0.25, 0.3) is 10.5 Å². The Labute approximate surface area is 175 Å². The van der Waals surface area contributed by atoms with Crippen LogP contribution in [0.3, 0.4) is 0 Å². The van der Waals surface area contributed by atoms with Crippen molar-refractivity contribution in [2.45, 2.75) is 4.90 Å². The lowest BCUT2D eigenvalue weighted by Crippen LogP contribution is -2.00. The van der Waals surface area contributed by atoms with Gasteiger partial charge in [-0.2, -0.15) is 0 Å². The van der Waals surface area contributed by atoms with E-state index in [0.29, 0.717) is 0 Å². The number of nitrogens with zero attached hydrogens (tertiary/aromatic N) is 1. The van der Waals surface area contributed by atoms with Gasteiger partial charge in [0.1, 0.15) is 0 Å². The van der Waals surface area contributed by atoms with Crippen LogP contribution in [0.1, 0.15) is 16.7 Å². The Balaban J connectivity index is 1.76. The zero-order valence-electron chi connectivity index (χ0n) is 15.8. The Morgan fingerprint density at radius 1 is 0.517 bits per heavy atom. The predicted octanol–water partition coefficient (Wildman–Crippen LogP) is 7.48. The Bertz CT molecular complexity index is 1190. The molecule has 0 aromatic heterocycles. The third kappa shape index (κ3) is 3.55. The number of rotatable bonds is 4. The summed E-state index contributed by atoms with van der Waals surface area (Å²) < 4.78 is 0. The van der Waals surface area contributed by atoms with E-state index in [9.17, 15) is 0 Å². The Hall–Kier alpha value is -3.36. The highest BCUT2D eigenvalue weighted by Gasteiger charge is 2.29. The van der Waals surface area contributed by atoms with Gasteiger partial charge in [-0.15, -0.1) is 0 Å². The van der Waals surface area contributed by atoms with Crippen LogP contribution in [0.4, 0.5) is 5.69 Å². The third-order valence-electron chi connectivity index (χ3n) is 4.91. The van der Waals surface area contributed by atoms with E-state index >= 15 is 0 Å². The van der Waals surface area contributed by atoms with E-state index in [0.717, 1.165) is 11.4 Å². The lowest BCUT2D eigenvalue weighted by molar-refractivity contribution is 1.47. The Kier molecular flexibility index (Phi) is 4.85. The average molecular weight is 390 g/mol. The van der Waals surface area contributed by atoms with Gasteiger partial charge >= 0.3 is 0 Å². The normalized spacial score (nSPS) is 14.3. The van der Waals surface area contributed by atoms with Crippen molar-refractivity contribution in [3.63, 3.8) is 0 Å². The zero-order valence-corrected chi connectivity index (χ0v) is 16.6. The number of benzene rings is 4. The van der Waals surface area contributed by atoms with Crippen molar-refractivity contribution in [1.29, 1.82) is 0 Å². The van der Waals surface area contributed by atoms with Gasteiger partial charge in [-0.25, -0.2) is 4.99 Å². The molecule has 0 amide bonds. The summed E-state index contributed by atoms with van der Waals surface area (Å²) in [4.78, 5) is 7.58. The summed E-state index contributed by atoms with van der Waals surface area (Å²) in [5.41, 5.74) is 6.83. The second-order valence-electron chi connectivity index (χ2n) is 6.83. The van der Waals surface area contributed by atoms with E-state index in [1.807, 2.05) is 30.0 Å². The summed E-state index contributed by atoms with van der Waals surface area (Å²) in [7, 11) is 0. The maximum absolute atomic E-state index is 5.09. The Morgan fingerprint density at radius 3 is 1.76 bits per heavy atom. The van der Waals surface area contributed by atoms with Gasteiger partial charge in [0, 0.05) is 20.9 Å². The SMILES string of the molecule is c1ccc(N=C2C(c3ccccc3)=C(Sc3ccccc3)c3ccccc32)cc1. The van der Waals surface area contributed by atoms with Gasteiger partial charge in [-0.1, -0.05) is 103 Å². The molecule has 1 aliphatic carbocycles. The van der Waals surface area contributed by atoms with Gasteiger partial charge in [-0.05, 0) is 35.4 Å². The molecule has 0 saturated heterocycles. The molecule has 0 fully saturated rings. The quantitative estimate of drug-likeness (QED) is 0.352. The molecular weight excluding hydrogens is 370 g/mol. The van der Waals surface area contributed by atoms with Crippen LogP contribution in [0, 0.1) is 0 Å². The molecule has 0 heterocycles. The minimum Gasteiger partial charge on any atom is -0.248 e. The van der Waals surface area contributed by atoms with E-state index in [-0.39, 0.29) is 0 Å². The van der Waals surface area contributed by atoms with Gasteiger partial charge in [0.2, 0.25) is 0 Å². The van der Waals surface area contributed by atoms with Crippen LogP contribution >= 0.6 is 11.8 Å². The van der Waals surface area contributed by atoms with Gasteiger partial charge in [0.05, 0.1) is 11.4 Å². The number of thioether (sulfide) groups is 1. The first kappa shape index (κ1) is 17.7. The summed E-state index contributed by atoms with van der Waals surface area (Å²) in [6.45, 7) is 0. The fraction of sp³-hybridized carbons (Fsp3) is 0. The van der Waals surface area contributed by atoms with E-state index in [2.05, 4.69) is 97.1 Å². The minimum atomic E-state index is 0.969. The number of para-hydroxylation sites is 1. The molecule has 0 spiro atoms. The highest BCUT2D eigenvalue weighted by molar-refractivity contribution is 8.08. The molecule has 5 rings (SSSR count). The molecule has 0 saturated carbocycles. The molecule has 1 aliphatic rings. The van der Waals surface area contributed by atoms with Crippen molar-refractivity contribution in [1.82, 2.24) is 0 Å². The second kappa shape index (κ2) is 7.94. The molecule has 4 aromatic carbocycles. The molecule has 0 N–H and O–H groups in total. The lowest BCUT2D eigenvalue weighted by atomic mass is 10.0. The van der Waals surface area contributed by atoms with E-state index in [1.165, 1.54) is 32.1 Å². The largest absolute Gasteiger partial charge is 0.248 e. The second-order valence-corrected chi connectivity index (χ2v) is 7.91. The number of aliphatic imine (C=N–C) groups is 1. The topological polar surface area (TPSA) is 12.4 Å². The van der Waals surface area contributed by atoms with E-state index in [1.54, 1.807) is 0 Å². The summed E-state index contributed by atoms with van der Waals surface area (Å²) in [5, 5.41) is 0. The van der Waals surface area contributed by atoms with Crippen molar-refractivity contribution < 1.29 is 0 Å². The zero-order chi connectivity index (χ0) is 19.5. The van der Waals surface area contributed by atoms with Crippen molar-refractivity contribution >= 4 is 33.6 Å². The summed E-state index contributed by atoms with van der Waals surface area (Å²) in [6, 6.07) is 39.9. The molecule has 2 heteroatoms. The monoisotopic (exact) mass is 389 g/mol. The number of hydrogen-bond acceptors (Lipinski definition) is 2. The minimum absolute atomic E-state index is 0.969. The Morgan fingerprint density at radius 2 is 1.07 bits per heavy atom. The fourth-order valence-corrected chi connectivity index (χ4v) is 4.73. The molecule has 0 unspecified atom stereocenters. The number of fused-ring (bicyclic) bond motifs is 1. The molecule has 138 valence electrons. The predicted molar refractivity (Wildman–Crippen MR) is 125 cm³/mol. The molecule has 0 aliphatic heterocycles. The van der Waals surface area contributed by atoms with E-state index < -0.39 is 0 Å².